The topological polar surface area (TPSA) is 114 Å². The van der Waals surface area contributed by atoms with E-state index in [1.165, 1.54) is 14.0 Å². The summed E-state index contributed by atoms with van der Waals surface area (Å²) < 4.78 is 37.3. The molecule has 132 valence electrons. The molecule has 0 amide bonds. The maximum absolute atomic E-state index is 12.4. The number of aryl methyl sites for hydroxylation is 2. The number of ether oxygens (including phenoxy) is 1. The second-order valence-corrected chi connectivity index (χ2v) is 7.26. The van der Waals surface area contributed by atoms with Crippen LogP contribution in [0.2, 0.25) is 0 Å². The molecular formula is C16H17N3O5S. The van der Waals surface area contributed by atoms with Gasteiger partial charge in [-0.2, -0.15) is 0 Å². The Labute approximate surface area is 143 Å². The van der Waals surface area contributed by atoms with Gasteiger partial charge in [0.25, 0.3) is 5.56 Å². The van der Waals surface area contributed by atoms with Gasteiger partial charge < -0.3 is 14.2 Å². The van der Waals surface area contributed by atoms with Crippen LogP contribution in [0.4, 0.5) is 0 Å². The highest BCUT2D eigenvalue weighted by Crippen LogP contribution is 2.20. The fraction of sp³-hybridized carbons (Fsp3) is 0.250. The largest absolute Gasteiger partial charge is 0.497 e. The van der Waals surface area contributed by atoms with E-state index in [1.54, 1.807) is 31.2 Å². The van der Waals surface area contributed by atoms with E-state index in [9.17, 15) is 13.2 Å². The van der Waals surface area contributed by atoms with E-state index in [2.05, 4.69) is 14.9 Å². The minimum atomic E-state index is -3.84. The van der Waals surface area contributed by atoms with Gasteiger partial charge >= 0.3 is 0 Å². The van der Waals surface area contributed by atoms with Gasteiger partial charge in [-0.25, -0.2) is 13.1 Å². The molecule has 9 heteroatoms. The number of hydrogen-bond donors (Lipinski definition) is 2. The third-order valence-electron chi connectivity index (χ3n) is 3.82. The van der Waals surface area contributed by atoms with Crippen LogP contribution in [0.15, 0.2) is 38.5 Å². The molecular weight excluding hydrogens is 346 g/mol. The molecule has 1 aromatic carbocycles. The maximum atomic E-state index is 12.4. The average Bonchev–Trinajstić information content (AvgIpc) is 2.91. The van der Waals surface area contributed by atoms with Gasteiger partial charge in [-0.15, -0.1) is 0 Å². The fourth-order valence-corrected chi connectivity index (χ4v) is 3.92. The first-order valence-electron chi connectivity index (χ1n) is 7.44. The number of fused-ring (bicyclic) bond motifs is 1. The third-order valence-corrected chi connectivity index (χ3v) is 5.46. The van der Waals surface area contributed by atoms with Crippen LogP contribution in [-0.2, 0) is 16.6 Å². The Morgan fingerprint density at radius 1 is 1.28 bits per heavy atom. The number of nitrogens with zero attached hydrogens (tertiary/aromatic N) is 1. The quantitative estimate of drug-likeness (QED) is 0.712. The zero-order valence-electron chi connectivity index (χ0n) is 13.9. The highest BCUT2D eigenvalue weighted by molar-refractivity contribution is 7.89. The van der Waals surface area contributed by atoms with Crippen molar-refractivity contribution in [3.05, 3.63) is 51.6 Å². The molecule has 3 aromatic rings. The lowest BCUT2D eigenvalue weighted by atomic mass is 10.1. The van der Waals surface area contributed by atoms with Crippen molar-refractivity contribution < 1.29 is 17.7 Å². The molecule has 0 atom stereocenters. The van der Waals surface area contributed by atoms with Gasteiger partial charge in [-0.1, -0.05) is 5.16 Å². The highest BCUT2D eigenvalue weighted by Gasteiger charge is 2.24. The summed E-state index contributed by atoms with van der Waals surface area (Å²) in [4.78, 5) is 14.9. The SMILES string of the molecule is COc1ccc2cc(CNS(=O)(=O)c3c(C)noc3C)c(=O)[nH]c2c1. The van der Waals surface area contributed by atoms with Gasteiger partial charge in [0.15, 0.2) is 5.76 Å². The molecule has 3 rings (SSSR count). The fourth-order valence-electron chi connectivity index (χ4n) is 2.59. The van der Waals surface area contributed by atoms with Crippen LogP contribution in [0.5, 0.6) is 5.75 Å². The molecule has 0 fully saturated rings. The number of hydrogen-bond acceptors (Lipinski definition) is 6. The van der Waals surface area contributed by atoms with Crippen LogP contribution < -0.4 is 15.0 Å². The number of H-pyrrole nitrogens is 1. The van der Waals surface area contributed by atoms with Gasteiger partial charge in [-0.3, -0.25) is 4.79 Å². The van der Waals surface area contributed by atoms with Crippen molar-refractivity contribution in [3.8, 4) is 5.75 Å². The van der Waals surface area contributed by atoms with Crippen molar-refractivity contribution in [2.75, 3.05) is 7.11 Å². The summed E-state index contributed by atoms with van der Waals surface area (Å²) in [6.07, 6.45) is 0. The standard InChI is InChI=1S/C16H17N3O5S/c1-9-15(10(2)24-19-9)25(21,22)17-8-12-6-11-4-5-13(23-3)7-14(11)18-16(12)20/h4-7,17H,8H2,1-3H3,(H,18,20). The molecule has 2 heterocycles. The summed E-state index contributed by atoms with van der Waals surface area (Å²) in [5.41, 5.74) is 0.807. The van der Waals surface area contributed by atoms with Crippen molar-refractivity contribution in [2.24, 2.45) is 0 Å². The van der Waals surface area contributed by atoms with Crippen LogP contribution in [0.1, 0.15) is 17.0 Å². The molecule has 0 radical (unpaired) electrons. The molecule has 2 N–H and O–H groups in total. The minimum Gasteiger partial charge on any atom is -0.497 e. The number of aromatic amines is 1. The smallest absolute Gasteiger partial charge is 0.252 e. The van der Waals surface area contributed by atoms with E-state index in [0.717, 1.165) is 5.39 Å². The first-order valence-corrected chi connectivity index (χ1v) is 8.92. The molecule has 25 heavy (non-hydrogen) atoms. The molecule has 0 bridgehead atoms. The Kier molecular flexibility index (Phi) is 4.36. The number of sulfonamides is 1. The molecule has 0 aliphatic carbocycles. The molecule has 0 saturated carbocycles. The lowest BCUT2D eigenvalue weighted by Gasteiger charge is -2.07. The van der Waals surface area contributed by atoms with Gasteiger partial charge in [0.1, 0.15) is 16.3 Å². The molecule has 0 saturated heterocycles. The Hall–Kier alpha value is -2.65. The number of aromatic nitrogens is 2. The second-order valence-electron chi connectivity index (χ2n) is 5.55. The Morgan fingerprint density at radius 3 is 2.68 bits per heavy atom. The van der Waals surface area contributed by atoms with E-state index >= 15 is 0 Å². The van der Waals surface area contributed by atoms with Crippen molar-refractivity contribution >= 4 is 20.9 Å². The Balaban J connectivity index is 1.91. The molecule has 0 spiro atoms. The van der Waals surface area contributed by atoms with Crippen molar-refractivity contribution in [2.45, 2.75) is 25.3 Å². The van der Waals surface area contributed by atoms with Crippen molar-refractivity contribution in [1.29, 1.82) is 0 Å². The molecule has 8 nitrogen and oxygen atoms in total. The van der Waals surface area contributed by atoms with E-state index in [1.807, 2.05) is 0 Å². The summed E-state index contributed by atoms with van der Waals surface area (Å²) in [6.45, 7) is 2.91. The number of pyridine rings is 1. The Bertz CT molecular complexity index is 1080. The molecule has 0 unspecified atom stereocenters. The predicted molar refractivity (Wildman–Crippen MR) is 91.1 cm³/mol. The second kappa shape index (κ2) is 6.34. The summed E-state index contributed by atoms with van der Waals surface area (Å²) in [6, 6.07) is 6.90. The van der Waals surface area contributed by atoms with Crippen LogP contribution in [0.25, 0.3) is 10.9 Å². The van der Waals surface area contributed by atoms with E-state index < -0.39 is 10.0 Å². The predicted octanol–water partition coefficient (Wildman–Crippen LogP) is 1.62. The zero-order chi connectivity index (χ0) is 18.2. The lowest BCUT2D eigenvalue weighted by Crippen LogP contribution is -2.27. The summed E-state index contributed by atoms with van der Waals surface area (Å²) in [5, 5.41) is 4.41. The first-order chi connectivity index (χ1) is 11.8. The molecule has 2 aromatic heterocycles. The number of nitrogens with one attached hydrogen (secondary N) is 2. The van der Waals surface area contributed by atoms with Gasteiger partial charge in [0.2, 0.25) is 10.0 Å². The van der Waals surface area contributed by atoms with Crippen LogP contribution >= 0.6 is 0 Å². The van der Waals surface area contributed by atoms with Gasteiger partial charge in [0.05, 0.1) is 12.6 Å². The highest BCUT2D eigenvalue weighted by atomic mass is 32.2. The van der Waals surface area contributed by atoms with Crippen LogP contribution in [-0.4, -0.2) is 25.7 Å². The third kappa shape index (κ3) is 3.28. The summed E-state index contributed by atoms with van der Waals surface area (Å²) in [5.74, 6) is 0.819. The first kappa shape index (κ1) is 17.2. The number of rotatable bonds is 5. The Morgan fingerprint density at radius 2 is 2.04 bits per heavy atom. The number of benzene rings is 1. The zero-order valence-corrected chi connectivity index (χ0v) is 14.7. The minimum absolute atomic E-state index is 0.00514. The van der Waals surface area contributed by atoms with Crippen LogP contribution in [0, 0.1) is 13.8 Å². The summed E-state index contributed by atoms with van der Waals surface area (Å²) in [7, 11) is -2.30. The molecule has 0 aliphatic rings. The van der Waals surface area contributed by atoms with Crippen LogP contribution in [0.3, 0.4) is 0 Å². The van der Waals surface area contributed by atoms with E-state index in [-0.39, 0.29) is 28.5 Å². The average molecular weight is 363 g/mol. The van der Waals surface area contributed by atoms with E-state index in [4.69, 9.17) is 9.26 Å². The van der Waals surface area contributed by atoms with Crippen molar-refractivity contribution in [1.82, 2.24) is 14.9 Å². The van der Waals surface area contributed by atoms with E-state index in [0.29, 0.717) is 16.8 Å². The summed E-state index contributed by atoms with van der Waals surface area (Å²) >= 11 is 0. The maximum Gasteiger partial charge on any atom is 0.252 e. The normalized spacial score (nSPS) is 11.8. The van der Waals surface area contributed by atoms with Gasteiger partial charge in [-0.05, 0) is 37.4 Å². The monoisotopic (exact) mass is 363 g/mol. The number of methoxy groups -OCH3 is 1. The van der Waals surface area contributed by atoms with Gasteiger partial charge in [0, 0.05) is 18.2 Å². The molecule has 0 aliphatic heterocycles. The van der Waals surface area contributed by atoms with Crippen molar-refractivity contribution in [3.63, 3.8) is 0 Å². The lowest BCUT2D eigenvalue weighted by molar-refractivity contribution is 0.390.